The number of hydrogen-bond acceptors (Lipinski definition) is 6. The maximum atomic E-state index is 5.78. The first-order chi connectivity index (χ1) is 13.7. The monoisotopic (exact) mass is 444 g/mol. The summed E-state index contributed by atoms with van der Waals surface area (Å²) in [6, 6.07) is 13.9. The van der Waals surface area contributed by atoms with Crippen LogP contribution in [0.15, 0.2) is 51.5 Å². The third-order valence-electron chi connectivity index (χ3n) is 5.22. The smallest absolute Gasteiger partial charge is 0.237 e. The van der Waals surface area contributed by atoms with Crippen LogP contribution in [0.1, 0.15) is 24.3 Å². The lowest BCUT2D eigenvalue weighted by molar-refractivity contribution is 0.0523. The molecule has 0 bridgehead atoms. The SMILES string of the molecule is COc1ccc(-c2noc(C3(c4ccc(Br)cc4)CCOCC3)n2)cc1OC. The molecule has 0 atom stereocenters. The van der Waals surface area contributed by atoms with E-state index >= 15 is 0 Å². The van der Waals surface area contributed by atoms with E-state index in [2.05, 4.69) is 33.2 Å². The highest BCUT2D eigenvalue weighted by molar-refractivity contribution is 9.10. The normalized spacial score (nSPS) is 16.0. The summed E-state index contributed by atoms with van der Waals surface area (Å²) < 4.78 is 23.1. The van der Waals surface area contributed by atoms with Crippen molar-refractivity contribution in [2.45, 2.75) is 18.3 Å². The molecule has 0 unspecified atom stereocenters. The summed E-state index contributed by atoms with van der Waals surface area (Å²) >= 11 is 3.51. The van der Waals surface area contributed by atoms with Gasteiger partial charge in [-0.2, -0.15) is 4.98 Å². The number of aromatic nitrogens is 2. The predicted octanol–water partition coefficient (Wildman–Crippen LogP) is 4.61. The second-order valence-corrected chi connectivity index (χ2v) is 7.61. The van der Waals surface area contributed by atoms with Crippen LogP contribution in [-0.4, -0.2) is 37.6 Å². The maximum absolute atomic E-state index is 5.78. The molecular formula is C21H21BrN2O4. The largest absolute Gasteiger partial charge is 0.493 e. The Morgan fingerprint density at radius 3 is 2.36 bits per heavy atom. The zero-order valence-electron chi connectivity index (χ0n) is 15.8. The van der Waals surface area contributed by atoms with Gasteiger partial charge in [0.2, 0.25) is 11.7 Å². The minimum atomic E-state index is -0.346. The predicted molar refractivity (Wildman–Crippen MR) is 108 cm³/mol. The minimum absolute atomic E-state index is 0.346. The van der Waals surface area contributed by atoms with Crippen molar-refractivity contribution in [1.82, 2.24) is 10.1 Å². The van der Waals surface area contributed by atoms with Crippen molar-refractivity contribution in [3.8, 4) is 22.9 Å². The van der Waals surface area contributed by atoms with Gasteiger partial charge in [0, 0.05) is 23.2 Å². The molecule has 6 nitrogen and oxygen atoms in total. The zero-order valence-corrected chi connectivity index (χ0v) is 17.4. The van der Waals surface area contributed by atoms with Crippen molar-refractivity contribution in [2.24, 2.45) is 0 Å². The van der Waals surface area contributed by atoms with Gasteiger partial charge in [0.25, 0.3) is 0 Å². The molecule has 1 fully saturated rings. The summed E-state index contributed by atoms with van der Waals surface area (Å²) in [4.78, 5) is 4.76. The molecule has 1 aromatic heterocycles. The third-order valence-corrected chi connectivity index (χ3v) is 5.75. The van der Waals surface area contributed by atoms with Crippen LogP contribution in [0.4, 0.5) is 0 Å². The highest BCUT2D eigenvalue weighted by atomic mass is 79.9. The topological polar surface area (TPSA) is 66.6 Å². The van der Waals surface area contributed by atoms with Crippen molar-refractivity contribution >= 4 is 15.9 Å². The minimum Gasteiger partial charge on any atom is -0.493 e. The summed E-state index contributed by atoms with van der Waals surface area (Å²) in [5.41, 5.74) is 1.62. The van der Waals surface area contributed by atoms with Gasteiger partial charge in [0.15, 0.2) is 11.5 Å². The van der Waals surface area contributed by atoms with Crippen LogP contribution in [0.2, 0.25) is 0 Å². The average Bonchev–Trinajstić information content (AvgIpc) is 3.25. The van der Waals surface area contributed by atoms with Crippen LogP contribution in [0.25, 0.3) is 11.4 Å². The van der Waals surface area contributed by atoms with E-state index in [1.807, 2.05) is 30.3 Å². The first kappa shape index (κ1) is 19.0. The second kappa shape index (κ2) is 7.93. The molecule has 1 aliphatic heterocycles. The third kappa shape index (κ3) is 3.40. The number of halogens is 1. The Kier molecular flexibility index (Phi) is 5.37. The highest BCUT2D eigenvalue weighted by Gasteiger charge is 2.41. The number of benzene rings is 2. The van der Waals surface area contributed by atoms with E-state index in [0.29, 0.717) is 36.4 Å². The van der Waals surface area contributed by atoms with E-state index in [1.165, 1.54) is 0 Å². The number of rotatable bonds is 5. The van der Waals surface area contributed by atoms with Crippen LogP contribution in [-0.2, 0) is 10.2 Å². The Balaban J connectivity index is 1.74. The van der Waals surface area contributed by atoms with Crippen molar-refractivity contribution in [3.05, 3.63) is 58.4 Å². The molecule has 4 rings (SSSR count). The molecule has 3 aromatic rings. The molecule has 0 radical (unpaired) electrons. The van der Waals surface area contributed by atoms with Crippen molar-refractivity contribution in [3.63, 3.8) is 0 Å². The van der Waals surface area contributed by atoms with Crippen LogP contribution in [0, 0.1) is 0 Å². The van der Waals surface area contributed by atoms with Gasteiger partial charge in [-0.05, 0) is 48.7 Å². The quantitative estimate of drug-likeness (QED) is 0.572. The van der Waals surface area contributed by atoms with Crippen LogP contribution in [0.3, 0.4) is 0 Å². The van der Waals surface area contributed by atoms with Gasteiger partial charge in [0.05, 0.1) is 19.6 Å². The van der Waals surface area contributed by atoms with Gasteiger partial charge < -0.3 is 18.7 Å². The second-order valence-electron chi connectivity index (χ2n) is 6.69. The lowest BCUT2D eigenvalue weighted by Crippen LogP contribution is -2.35. The number of ether oxygens (including phenoxy) is 3. The Hall–Kier alpha value is -2.38. The zero-order chi connectivity index (χ0) is 19.6. The van der Waals surface area contributed by atoms with E-state index in [9.17, 15) is 0 Å². The van der Waals surface area contributed by atoms with Crippen LogP contribution >= 0.6 is 15.9 Å². The fourth-order valence-corrected chi connectivity index (χ4v) is 3.89. The average molecular weight is 445 g/mol. The van der Waals surface area contributed by atoms with Gasteiger partial charge in [0.1, 0.15) is 0 Å². The number of methoxy groups -OCH3 is 2. The van der Waals surface area contributed by atoms with E-state index < -0.39 is 0 Å². The maximum Gasteiger partial charge on any atom is 0.237 e. The molecule has 1 saturated heterocycles. The molecule has 1 aliphatic rings. The molecule has 28 heavy (non-hydrogen) atoms. The van der Waals surface area contributed by atoms with Gasteiger partial charge in [-0.25, -0.2) is 0 Å². The van der Waals surface area contributed by atoms with Crippen LogP contribution in [0.5, 0.6) is 11.5 Å². The molecule has 0 spiro atoms. The first-order valence-electron chi connectivity index (χ1n) is 9.07. The molecular weight excluding hydrogens is 424 g/mol. The van der Waals surface area contributed by atoms with Crippen LogP contribution < -0.4 is 9.47 Å². The summed E-state index contributed by atoms with van der Waals surface area (Å²) in [5.74, 6) is 2.42. The van der Waals surface area contributed by atoms with E-state index in [4.69, 9.17) is 23.7 Å². The van der Waals surface area contributed by atoms with Gasteiger partial charge >= 0.3 is 0 Å². The van der Waals surface area contributed by atoms with Crippen molar-refractivity contribution in [2.75, 3.05) is 27.4 Å². The summed E-state index contributed by atoms with van der Waals surface area (Å²) in [7, 11) is 3.21. The lowest BCUT2D eigenvalue weighted by atomic mass is 9.74. The molecule has 0 aliphatic carbocycles. The molecule has 0 amide bonds. The number of hydrogen-bond donors (Lipinski definition) is 0. The standard InChI is InChI=1S/C21H21BrN2O4/c1-25-17-8-3-14(13-18(17)26-2)19-23-20(28-24-19)21(9-11-27-12-10-21)15-4-6-16(22)7-5-15/h3-8,13H,9-12H2,1-2H3. The summed E-state index contributed by atoms with van der Waals surface area (Å²) in [6.45, 7) is 1.31. The Labute approximate surface area is 171 Å². The van der Waals surface area contributed by atoms with Gasteiger partial charge in [-0.1, -0.05) is 33.2 Å². The Bertz CT molecular complexity index is 949. The van der Waals surface area contributed by atoms with Gasteiger partial charge in [-0.15, -0.1) is 0 Å². The first-order valence-corrected chi connectivity index (χ1v) is 9.86. The lowest BCUT2D eigenvalue weighted by Gasteiger charge is -2.34. The fourth-order valence-electron chi connectivity index (χ4n) is 3.63. The summed E-state index contributed by atoms with van der Waals surface area (Å²) in [5, 5.41) is 4.25. The van der Waals surface area contributed by atoms with E-state index in [-0.39, 0.29) is 5.41 Å². The van der Waals surface area contributed by atoms with Crippen molar-refractivity contribution < 1.29 is 18.7 Å². The fraction of sp³-hybridized carbons (Fsp3) is 0.333. The highest BCUT2D eigenvalue weighted by Crippen LogP contribution is 2.41. The Morgan fingerprint density at radius 2 is 1.68 bits per heavy atom. The van der Waals surface area contributed by atoms with Gasteiger partial charge in [-0.3, -0.25) is 0 Å². The Morgan fingerprint density at radius 1 is 0.964 bits per heavy atom. The molecule has 2 heterocycles. The van der Waals surface area contributed by atoms with E-state index in [1.54, 1.807) is 14.2 Å². The number of nitrogens with zero attached hydrogens (tertiary/aromatic N) is 2. The molecule has 146 valence electrons. The molecule has 0 N–H and O–H groups in total. The molecule has 2 aromatic carbocycles. The molecule has 7 heteroatoms. The molecule has 0 saturated carbocycles. The van der Waals surface area contributed by atoms with E-state index in [0.717, 1.165) is 28.4 Å². The summed E-state index contributed by atoms with van der Waals surface area (Å²) in [6.07, 6.45) is 1.59. The van der Waals surface area contributed by atoms with Crippen molar-refractivity contribution in [1.29, 1.82) is 0 Å².